The van der Waals surface area contributed by atoms with Crippen LogP contribution < -0.4 is 25.4 Å². The van der Waals surface area contributed by atoms with Crippen LogP contribution in [-0.2, 0) is 16.1 Å². The summed E-state index contributed by atoms with van der Waals surface area (Å²) in [4.78, 5) is 67.7. The van der Waals surface area contributed by atoms with Crippen molar-refractivity contribution in [1.29, 1.82) is 0 Å². The molecule has 2 fully saturated rings. The number of methoxy groups -OCH3 is 2. The van der Waals surface area contributed by atoms with Crippen LogP contribution in [0.4, 0.5) is 17.3 Å². The van der Waals surface area contributed by atoms with Gasteiger partial charge in [0.05, 0.1) is 32.4 Å². The van der Waals surface area contributed by atoms with Gasteiger partial charge < -0.3 is 40.5 Å². The first kappa shape index (κ1) is 62.7. The first-order valence-electron chi connectivity index (χ1n) is 29.5. The lowest BCUT2D eigenvalue weighted by molar-refractivity contribution is -0.121. The molecule has 2 aliphatic carbocycles. The summed E-state index contributed by atoms with van der Waals surface area (Å²) in [6.45, 7) is 7.24. The summed E-state index contributed by atoms with van der Waals surface area (Å²) in [6.07, 6.45) is 19.1. The van der Waals surface area contributed by atoms with Crippen LogP contribution in [0.5, 0.6) is 23.0 Å². The number of hydrogen-bond acceptors (Lipinski definition) is 15. The van der Waals surface area contributed by atoms with E-state index in [9.17, 15) is 29.4 Å². The van der Waals surface area contributed by atoms with Gasteiger partial charge in [0, 0.05) is 91.0 Å². The van der Waals surface area contributed by atoms with E-state index in [4.69, 9.17) is 9.47 Å². The molecule has 6 aromatic carbocycles. The number of rotatable bonds is 18. The van der Waals surface area contributed by atoms with Crippen molar-refractivity contribution in [2.24, 2.45) is 0 Å². The van der Waals surface area contributed by atoms with E-state index in [0.29, 0.717) is 45.9 Å². The van der Waals surface area contributed by atoms with Crippen LogP contribution in [0.1, 0.15) is 98.7 Å². The van der Waals surface area contributed by atoms with Gasteiger partial charge in [0.2, 0.25) is 5.95 Å². The molecule has 11 rings (SSSR count). The number of carbonyl (C=O) groups is 4. The van der Waals surface area contributed by atoms with E-state index in [1.165, 1.54) is 76.2 Å². The number of phenols is 2. The number of piperazine rings is 1. The Morgan fingerprint density at radius 1 is 0.693 bits per heavy atom. The molecule has 1 atom stereocenters. The van der Waals surface area contributed by atoms with Crippen molar-refractivity contribution in [3.63, 3.8) is 0 Å². The number of phenolic OH excluding ortho intramolecular Hbond substituents is 2. The molecule has 88 heavy (non-hydrogen) atoms. The van der Waals surface area contributed by atoms with E-state index in [1.54, 1.807) is 55.0 Å². The Bertz CT molecular complexity index is 3710. The zero-order valence-corrected chi connectivity index (χ0v) is 50.1. The minimum absolute atomic E-state index is 0.00662. The monoisotopic (exact) mass is 1180 g/mol. The first-order valence-corrected chi connectivity index (χ1v) is 29.5. The van der Waals surface area contributed by atoms with E-state index in [-0.39, 0.29) is 47.2 Å². The Labute approximate surface area is 514 Å². The molecule has 1 amide bonds. The van der Waals surface area contributed by atoms with Gasteiger partial charge in [-0.15, -0.1) is 0 Å². The van der Waals surface area contributed by atoms with Crippen LogP contribution in [0.15, 0.2) is 188 Å². The Kier molecular flexibility index (Phi) is 22.1. The number of aryl methyl sites for hydroxylation is 1. The van der Waals surface area contributed by atoms with Crippen molar-refractivity contribution < 1.29 is 38.9 Å². The third-order valence-corrected chi connectivity index (χ3v) is 15.5. The Hall–Kier alpha value is -9.87. The summed E-state index contributed by atoms with van der Waals surface area (Å²) in [6, 6.07) is 47.4. The number of benzene rings is 6. The van der Waals surface area contributed by atoms with Crippen LogP contribution in [0, 0.1) is 6.92 Å². The largest absolute Gasteiger partial charge is 0.504 e. The average Bonchev–Trinajstić information content (AvgIpc) is 2.17. The summed E-state index contributed by atoms with van der Waals surface area (Å²) in [7, 11) is 5.03. The number of nitrogens with zero attached hydrogens (tertiary/aromatic N) is 5. The van der Waals surface area contributed by atoms with Crippen molar-refractivity contribution >= 4 is 58.8 Å². The second kappa shape index (κ2) is 31.0. The second-order valence-corrected chi connectivity index (χ2v) is 21.9. The van der Waals surface area contributed by atoms with Crippen LogP contribution in [0.3, 0.4) is 0 Å². The fourth-order valence-corrected chi connectivity index (χ4v) is 10.5. The third kappa shape index (κ3) is 17.6. The number of aromatic nitrogens is 3. The van der Waals surface area contributed by atoms with Gasteiger partial charge in [0.25, 0.3) is 5.91 Å². The Morgan fingerprint density at radius 2 is 1.35 bits per heavy atom. The molecule has 16 nitrogen and oxygen atoms in total. The van der Waals surface area contributed by atoms with Crippen molar-refractivity contribution in [3.8, 4) is 34.3 Å². The first-order chi connectivity index (χ1) is 42.8. The smallest absolute Gasteiger partial charge is 0.255 e. The molecule has 1 saturated heterocycles. The number of likely N-dealkylation sites (N-methyl/N-ethyl adjacent to an activating group) is 1. The Morgan fingerprint density at radius 3 is 2.00 bits per heavy atom. The van der Waals surface area contributed by atoms with Gasteiger partial charge in [-0.1, -0.05) is 116 Å². The Balaban J connectivity index is 0.000000162. The van der Waals surface area contributed by atoms with Crippen molar-refractivity contribution in [2.75, 3.05) is 58.1 Å². The van der Waals surface area contributed by atoms with E-state index in [0.717, 1.165) is 77.5 Å². The number of nitrogens with one attached hydrogen (secondary N) is 3. The van der Waals surface area contributed by atoms with E-state index >= 15 is 0 Å². The quantitative estimate of drug-likeness (QED) is 0.0400. The predicted octanol–water partition coefficient (Wildman–Crippen LogP) is 12.9. The molecule has 0 radical (unpaired) electrons. The number of allylic oxidation sites excluding steroid dienone is 2. The van der Waals surface area contributed by atoms with Gasteiger partial charge >= 0.3 is 0 Å². The molecule has 1 saturated carbocycles. The third-order valence-electron chi connectivity index (χ3n) is 15.5. The van der Waals surface area contributed by atoms with Gasteiger partial charge in [-0.05, 0) is 145 Å². The fraction of sp³-hybridized carbons (Fsp3) is 0.236. The maximum Gasteiger partial charge on any atom is 0.255 e. The lowest BCUT2D eigenvalue weighted by atomic mass is 9.93. The standard InChI is InChI=1S/C29H31N7O.C22H23NO.C21H20O6/c1-21-5-10-25(18-27(21)34-29-31-13-11-26(33-29)24-4-3-12-30-19-24)32-28(37)23-8-6-22(7-9-23)20-36-16-14-35(2)15-17-36;24-22-19-14-8-7-13-18(19)21(23-17-11-5-2-6-12-17)20(22)15-16-9-3-1-4-10-16;1-26-20-11-14(5-9-18(20)24)3-7-16(22)13-17(23)8-4-15-6-10-19(25)21(12-15)27-2/h3-13,18-19H,14-17,20H2,1-2H3,(H,32,37)(H,31,33,34);1,3-4,7-10,13-15,17,21,23H,2,5-6,11-12H2;3-12,24-25H,13H2,1-2H3/b;20-15+;7-3+,8-4+. The molecule has 2 aromatic heterocycles. The van der Waals surface area contributed by atoms with Crippen LogP contribution >= 0.6 is 0 Å². The van der Waals surface area contributed by atoms with E-state index < -0.39 is 0 Å². The molecule has 3 aliphatic rings. The summed E-state index contributed by atoms with van der Waals surface area (Å²) in [5.41, 5.74) is 11.4. The van der Waals surface area contributed by atoms with Crippen molar-refractivity contribution in [3.05, 3.63) is 232 Å². The molecular formula is C72H74N8O8. The number of amides is 1. The van der Waals surface area contributed by atoms with Crippen molar-refractivity contribution in [2.45, 2.75) is 64.1 Å². The number of ether oxygens (including phenoxy) is 2. The number of fused-ring (bicyclic) bond motifs is 1. The number of Topliss-reactive ketones (excluding diaryl/α,β-unsaturated/α-hetero) is 1. The number of pyridine rings is 1. The van der Waals surface area contributed by atoms with Gasteiger partial charge in [-0.3, -0.25) is 29.1 Å². The molecule has 16 heteroatoms. The highest BCUT2D eigenvalue weighted by molar-refractivity contribution is 6.16. The molecule has 8 aromatic rings. The number of aromatic hydroxyl groups is 2. The maximum atomic E-state index is 12.9. The zero-order chi connectivity index (χ0) is 61.8. The van der Waals surface area contributed by atoms with Gasteiger partial charge in [-0.2, -0.15) is 0 Å². The average molecular weight is 1180 g/mol. The lowest BCUT2D eigenvalue weighted by Gasteiger charge is -2.32. The van der Waals surface area contributed by atoms with Crippen LogP contribution in [-0.4, -0.2) is 112 Å². The molecule has 0 spiro atoms. The minimum atomic E-state index is -0.347. The summed E-state index contributed by atoms with van der Waals surface area (Å²) in [5, 5.41) is 29.2. The summed E-state index contributed by atoms with van der Waals surface area (Å²) in [5.74, 6) is 0.419. The molecule has 3 heterocycles. The van der Waals surface area contributed by atoms with E-state index in [2.05, 4.69) is 72.0 Å². The molecule has 1 aliphatic heterocycles. The number of hydrogen-bond donors (Lipinski definition) is 5. The summed E-state index contributed by atoms with van der Waals surface area (Å²) < 4.78 is 10.00. The predicted molar refractivity (Wildman–Crippen MR) is 347 cm³/mol. The topological polar surface area (TPSA) is 208 Å². The number of anilines is 3. The highest BCUT2D eigenvalue weighted by atomic mass is 16.5. The van der Waals surface area contributed by atoms with Crippen LogP contribution in [0.2, 0.25) is 0 Å². The van der Waals surface area contributed by atoms with Gasteiger partial charge in [0.15, 0.2) is 40.3 Å². The molecule has 5 N–H and O–H groups in total. The number of ketones is 3. The van der Waals surface area contributed by atoms with Gasteiger partial charge in [-0.25, -0.2) is 9.97 Å². The molecule has 450 valence electrons. The fourth-order valence-electron chi connectivity index (χ4n) is 10.5. The van der Waals surface area contributed by atoms with E-state index in [1.807, 2.05) is 104 Å². The second-order valence-electron chi connectivity index (χ2n) is 21.9. The molecule has 0 bridgehead atoms. The SMILES string of the molecule is COc1cc(/C=C/C(=O)CC(=O)/C=C/c2ccc(O)c(OC)c2)ccc1O.Cc1ccc(NC(=O)c2ccc(CN3CCN(C)CC3)cc2)cc1Nc1nccc(-c2cccnc2)n1.O=C1/C(=C/c2ccccc2)C(NC2CCCCC2)c2ccccc21. The zero-order valence-electron chi connectivity index (χ0n) is 50.1. The highest BCUT2D eigenvalue weighted by Gasteiger charge is 2.35. The van der Waals surface area contributed by atoms with Crippen molar-refractivity contribution in [1.82, 2.24) is 30.1 Å². The van der Waals surface area contributed by atoms with Gasteiger partial charge in [0.1, 0.15) is 0 Å². The summed E-state index contributed by atoms with van der Waals surface area (Å²) >= 11 is 0. The molecular weight excluding hydrogens is 1100 g/mol. The lowest BCUT2D eigenvalue weighted by Crippen LogP contribution is -2.43. The normalized spacial score (nSPS) is 15.6. The molecule has 1 unspecified atom stereocenters. The highest BCUT2D eigenvalue weighted by Crippen LogP contribution is 2.38. The minimum Gasteiger partial charge on any atom is -0.504 e. The van der Waals surface area contributed by atoms with Crippen LogP contribution in [0.25, 0.3) is 29.5 Å². The maximum absolute atomic E-state index is 12.9. The number of carbonyl (C=O) groups excluding carboxylic acids is 4.